The van der Waals surface area contributed by atoms with E-state index in [0.717, 1.165) is 5.56 Å². The fourth-order valence-electron chi connectivity index (χ4n) is 2.36. The van der Waals surface area contributed by atoms with Crippen LogP contribution in [0.3, 0.4) is 0 Å². The van der Waals surface area contributed by atoms with Crippen LogP contribution in [0.2, 0.25) is 0 Å². The molecule has 1 amide bonds. The van der Waals surface area contributed by atoms with Gasteiger partial charge in [0, 0.05) is 19.0 Å². The molecular formula is C13H18N2O4. The van der Waals surface area contributed by atoms with E-state index in [0.29, 0.717) is 35.9 Å². The number of nitrogens with two attached hydrogens (primary N) is 1. The van der Waals surface area contributed by atoms with E-state index < -0.39 is 0 Å². The van der Waals surface area contributed by atoms with Crippen LogP contribution in [0.25, 0.3) is 0 Å². The molecule has 2 rings (SSSR count). The third kappa shape index (κ3) is 2.08. The average Bonchev–Trinajstić information content (AvgIpc) is 2.45. The number of hydrogen-bond acceptors (Lipinski definition) is 5. The minimum Gasteiger partial charge on any atom is -0.493 e. The van der Waals surface area contributed by atoms with Crippen LogP contribution < -0.4 is 25.3 Å². The van der Waals surface area contributed by atoms with Gasteiger partial charge in [-0.1, -0.05) is 0 Å². The molecule has 0 aliphatic carbocycles. The Morgan fingerprint density at radius 1 is 1.26 bits per heavy atom. The molecular weight excluding hydrogens is 248 g/mol. The first kappa shape index (κ1) is 13.5. The maximum atomic E-state index is 12.1. The van der Waals surface area contributed by atoms with Crippen LogP contribution in [0.4, 0.5) is 0 Å². The normalized spacial score (nSPS) is 17.5. The number of fused-ring (bicyclic) bond motifs is 1. The Labute approximate surface area is 111 Å². The molecule has 19 heavy (non-hydrogen) atoms. The van der Waals surface area contributed by atoms with Crippen molar-refractivity contribution in [1.29, 1.82) is 0 Å². The number of amides is 1. The SMILES string of the molecule is COc1cc2c(c(OC)c1OC)C(=O)NCC2CN. The summed E-state index contributed by atoms with van der Waals surface area (Å²) in [4.78, 5) is 12.1. The number of carbonyl (C=O) groups is 1. The smallest absolute Gasteiger partial charge is 0.255 e. The van der Waals surface area contributed by atoms with Gasteiger partial charge in [0.15, 0.2) is 11.5 Å². The third-order valence-electron chi connectivity index (χ3n) is 3.32. The first-order valence-corrected chi connectivity index (χ1v) is 5.99. The highest BCUT2D eigenvalue weighted by Crippen LogP contribution is 2.44. The number of benzene rings is 1. The average molecular weight is 266 g/mol. The van der Waals surface area contributed by atoms with E-state index in [2.05, 4.69) is 5.32 Å². The zero-order valence-electron chi connectivity index (χ0n) is 11.3. The van der Waals surface area contributed by atoms with Crippen molar-refractivity contribution < 1.29 is 19.0 Å². The van der Waals surface area contributed by atoms with Gasteiger partial charge in [-0.25, -0.2) is 0 Å². The molecule has 0 fully saturated rings. The Hall–Kier alpha value is -1.95. The topological polar surface area (TPSA) is 82.8 Å². The predicted octanol–water partition coefficient (Wildman–Crippen LogP) is 0.498. The standard InChI is InChI=1S/C13H18N2O4/c1-17-9-4-8-7(5-14)6-15-13(16)10(8)12(19-3)11(9)18-2/h4,7H,5-6,14H2,1-3H3,(H,15,16). The molecule has 3 N–H and O–H groups in total. The molecule has 0 aromatic heterocycles. The molecule has 104 valence electrons. The molecule has 0 radical (unpaired) electrons. The molecule has 6 heteroatoms. The number of carbonyl (C=O) groups excluding carboxylic acids is 1. The molecule has 0 saturated carbocycles. The molecule has 1 aliphatic rings. The van der Waals surface area contributed by atoms with Crippen LogP contribution in [-0.2, 0) is 0 Å². The van der Waals surface area contributed by atoms with Gasteiger partial charge >= 0.3 is 0 Å². The van der Waals surface area contributed by atoms with Crippen LogP contribution in [-0.4, -0.2) is 40.3 Å². The van der Waals surface area contributed by atoms with Crippen molar-refractivity contribution in [2.75, 3.05) is 34.4 Å². The van der Waals surface area contributed by atoms with Crippen molar-refractivity contribution in [2.24, 2.45) is 5.73 Å². The molecule has 1 heterocycles. The highest BCUT2D eigenvalue weighted by atomic mass is 16.5. The fourth-order valence-corrected chi connectivity index (χ4v) is 2.36. The Balaban J connectivity index is 2.72. The summed E-state index contributed by atoms with van der Waals surface area (Å²) < 4.78 is 15.9. The van der Waals surface area contributed by atoms with E-state index in [1.807, 2.05) is 0 Å². The molecule has 1 aromatic carbocycles. The van der Waals surface area contributed by atoms with Crippen LogP contribution in [0.5, 0.6) is 17.2 Å². The molecule has 0 spiro atoms. The van der Waals surface area contributed by atoms with Gasteiger partial charge in [0.05, 0.1) is 26.9 Å². The zero-order chi connectivity index (χ0) is 14.0. The summed E-state index contributed by atoms with van der Waals surface area (Å²) in [6.45, 7) is 0.951. The van der Waals surface area contributed by atoms with Crippen molar-refractivity contribution in [3.63, 3.8) is 0 Å². The quantitative estimate of drug-likeness (QED) is 0.829. The second kappa shape index (κ2) is 5.36. The van der Waals surface area contributed by atoms with Gasteiger partial charge in [-0.15, -0.1) is 0 Å². The summed E-state index contributed by atoms with van der Waals surface area (Å²) in [6.07, 6.45) is 0. The first-order valence-electron chi connectivity index (χ1n) is 5.99. The van der Waals surface area contributed by atoms with Crippen LogP contribution >= 0.6 is 0 Å². The number of ether oxygens (including phenoxy) is 3. The second-order valence-electron chi connectivity index (χ2n) is 4.25. The predicted molar refractivity (Wildman–Crippen MR) is 70.2 cm³/mol. The molecule has 1 aliphatic heterocycles. The van der Waals surface area contributed by atoms with E-state index in [9.17, 15) is 4.79 Å². The summed E-state index contributed by atoms with van der Waals surface area (Å²) in [5.41, 5.74) is 7.06. The van der Waals surface area contributed by atoms with Gasteiger partial charge in [0.25, 0.3) is 5.91 Å². The first-order chi connectivity index (χ1) is 9.17. The maximum Gasteiger partial charge on any atom is 0.255 e. The Kier molecular flexibility index (Phi) is 3.80. The summed E-state index contributed by atoms with van der Waals surface area (Å²) >= 11 is 0. The van der Waals surface area contributed by atoms with E-state index >= 15 is 0 Å². The van der Waals surface area contributed by atoms with E-state index in [4.69, 9.17) is 19.9 Å². The molecule has 1 unspecified atom stereocenters. The molecule has 1 atom stereocenters. The highest BCUT2D eigenvalue weighted by Gasteiger charge is 2.32. The number of methoxy groups -OCH3 is 3. The summed E-state index contributed by atoms with van der Waals surface area (Å²) in [7, 11) is 4.55. The summed E-state index contributed by atoms with van der Waals surface area (Å²) in [6, 6.07) is 1.80. The summed E-state index contributed by atoms with van der Waals surface area (Å²) in [5, 5.41) is 2.81. The second-order valence-corrected chi connectivity index (χ2v) is 4.25. The fraction of sp³-hybridized carbons (Fsp3) is 0.462. The van der Waals surface area contributed by atoms with Crippen LogP contribution in [0.15, 0.2) is 6.07 Å². The lowest BCUT2D eigenvalue weighted by molar-refractivity contribution is 0.0936. The lowest BCUT2D eigenvalue weighted by Crippen LogP contribution is -2.38. The lowest BCUT2D eigenvalue weighted by atomic mass is 9.89. The van der Waals surface area contributed by atoms with Crippen molar-refractivity contribution in [2.45, 2.75) is 5.92 Å². The van der Waals surface area contributed by atoms with E-state index in [1.54, 1.807) is 13.2 Å². The molecule has 6 nitrogen and oxygen atoms in total. The Morgan fingerprint density at radius 3 is 2.47 bits per heavy atom. The minimum atomic E-state index is -0.183. The van der Waals surface area contributed by atoms with Gasteiger partial charge in [-0.05, 0) is 11.6 Å². The van der Waals surface area contributed by atoms with Crippen LogP contribution in [0, 0.1) is 0 Å². The number of nitrogens with one attached hydrogen (secondary N) is 1. The van der Waals surface area contributed by atoms with Crippen molar-refractivity contribution >= 4 is 5.91 Å². The third-order valence-corrected chi connectivity index (χ3v) is 3.32. The molecule has 0 saturated heterocycles. The monoisotopic (exact) mass is 266 g/mol. The van der Waals surface area contributed by atoms with Crippen LogP contribution in [0.1, 0.15) is 21.8 Å². The highest BCUT2D eigenvalue weighted by molar-refractivity contribution is 6.01. The van der Waals surface area contributed by atoms with Gasteiger partial charge in [0.2, 0.25) is 5.75 Å². The van der Waals surface area contributed by atoms with Crippen molar-refractivity contribution in [1.82, 2.24) is 5.32 Å². The summed E-state index contributed by atoms with van der Waals surface area (Å²) in [5.74, 6) is 1.19. The van der Waals surface area contributed by atoms with Crippen molar-refractivity contribution in [3.05, 3.63) is 17.2 Å². The Morgan fingerprint density at radius 2 is 1.95 bits per heavy atom. The Bertz CT molecular complexity index is 502. The number of hydrogen-bond donors (Lipinski definition) is 2. The molecule has 1 aromatic rings. The lowest BCUT2D eigenvalue weighted by Gasteiger charge is -2.27. The van der Waals surface area contributed by atoms with Gasteiger partial charge in [-0.3, -0.25) is 4.79 Å². The maximum absolute atomic E-state index is 12.1. The number of rotatable bonds is 4. The molecule has 0 bridgehead atoms. The van der Waals surface area contributed by atoms with Gasteiger partial charge < -0.3 is 25.3 Å². The largest absolute Gasteiger partial charge is 0.493 e. The minimum absolute atomic E-state index is 0.0430. The van der Waals surface area contributed by atoms with E-state index in [1.165, 1.54) is 14.2 Å². The van der Waals surface area contributed by atoms with Crippen molar-refractivity contribution in [3.8, 4) is 17.2 Å². The van der Waals surface area contributed by atoms with E-state index in [-0.39, 0.29) is 11.8 Å². The van der Waals surface area contributed by atoms with Gasteiger partial charge in [-0.2, -0.15) is 0 Å². The van der Waals surface area contributed by atoms with Gasteiger partial charge in [0.1, 0.15) is 0 Å². The zero-order valence-corrected chi connectivity index (χ0v) is 11.3.